The van der Waals surface area contributed by atoms with E-state index in [0.29, 0.717) is 11.4 Å². The van der Waals surface area contributed by atoms with Crippen molar-refractivity contribution in [3.8, 4) is 5.75 Å². The largest absolute Gasteiger partial charge is 0.495 e. The van der Waals surface area contributed by atoms with Crippen molar-refractivity contribution in [1.29, 1.82) is 0 Å². The van der Waals surface area contributed by atoms with Crippen LogP contribution in [0.1, 0.15) is 6.42 Å². The van der Waals surface area contributed by atoms with Crippen LogP contribution in [0.25, 0.3) is 0 Å². The molecule has 0 atom stereocenters. The van der Waals surface area contributed by atoms with E-state index in [4.69, 9.17) is 22.1 Å². The zero-order valence-corrected chi connectivity index (χ0v) is 10.8. The monoisotopic (exact) mass is 270 g/mol. The molecule has 0 unspecified atom stereocenters. The summed E-state index contributed by atoms with van der Waals surface area (Å²) in [4.78, 5) is 24.0. The Morgan fingerprint density at radius 1 is 1.39 bits per heavy atom. The van der Waals surface area contributed by atoms with Gasteiger partial charge in [-0.05, 0) is 12.1 Å². The number of halogens is 1. The number of carbonyl (C=O) groups is 2. The predicted molar refractivity (Wildman–Crippen MR) is 69.9 cm³/mol. The zero-order chi connectivity index (χ0) is 13.5. The van der Waals surface area contributed by atoms with Gasteiger partial charge in [0.2, 0.25) is 11.8 Å². The molecule has 0 radical (unpaired) electrons. The molecule has 0 fully saturated rings. The summed E-state index contributed by atoms with van der Waals surface area (Å²) in [6.45, 7) is 0.182. The Morgan fingerprint density at radius 3 is 2.61 bits per heavy atom. The van der Waals surface area contributed by atoms with E-state index in [1.807, 2.05) is 0 Å². The van der Waals surface area contributed by atoms with Crippen LogP contribution in [0, 0.1) is 0 Å². The van der Waals surface area contributed by atoms with Crippen LogP contribution in [0.15, 0.2) is 24.3 Å². The molecule has 2 amide bonds. The van der Waals surface area contributed by atoms with E-state index in [1.54, 1.807) is 24.3 Å². The fourth-order valence-corrected chi connectivity index (χ4v) is 1.67. The number of benzene rings is 1. The van der Waals surface area contributed by atoms with E-state index in [1.165, 1.54) is 12.0 Å². The minimum absolute atomic E-state index is 0.0701. The number of hydrogen-bond donors (Lipinski definition) is 1. The molecule has 0 heterocycles. The van der Waals surface area contributed by atoms with E-state index >= 15 is 0 Å². The summed E-state index contributed by atoms with van der Waals surface area (Å²) in [5.74, 6) is -0.406. The zero-order valence-electron chi connectivity index (χ0n) is 10.1. The Hall–Kier alpha value is -1.75. The van der Waals surface area contributed by atoms with Crippen LogP contribution in [0.2, 0.25) is 0 Å². The lowest BCUT2D eigenvalue weighted by Gasteiger charge is -2.23. The minimum atomic E-state index is -0.475. The summed E-state index contributed by atoms with van der Waals surface area (Å²) >= 11 is 5.56. The van der Waals surface area contributed by atoms with Crippen molar-refractivity contribution in [2.45, 2.75) is 6.42 Å². The average molecular weight is 271 g/mol. The third-order valence-corrected chi connectivity index (χ3v) is 2.60. The first-order valence-electron chi connectivity index (χ1n) is 5.37. The Balaban J connectivity index is 3.01. The highest BCUT2D eigenvalue weighted by Crippen LogP contribution is 2.28. The third-order valence-electron chi connectivity index (χ3n) is 2.37. The van der Waals surface area contributed by atoms with Gasteiger partial charge in [-0.3, -0.25) is 9.59 Å². The predicted octanol–water partition coefficient (Wildman–Crippen LogP) is 1.14. The molecule has 1 aromatic rings. The number of primary amides is 1. The van der Waals surface area contributed by atoms with Crippen molar-refractivity contribution in [1.82, 2.24) is 0 Å². The van der Waals surface area contributed by atoms with Crippen molar-refractivity contribution in [2.75, 3.05) is 24.4 Å². The maximum atomic E-state index is 11.8. The second-order valence-electron chi connectivity index (χ2n) is 3.57. The van der Waals surface area contributed by atoms with E-state index in [2.05, 4.69) is 0 Å². The summed E-state index contributed by atoms with van der Waals surface area (Å²) in [7, 11) is 1.51. The molecule has 0 saturated carbocycles. The SMILES string of the molecule is COc1ccccc1N(CCC(N)=O)C(=O)CCl. The molecule has 0 aliphatic carbocycles. The van der Waals surface area contributed by atoms with Crippen LogP contribution in [-0.4, -0.2) is 31.3 Å². The molecule has 0 bridgehead atoms. The van der Waals surface area contributed by atoms with Gasteiger partial charge in [0.05, 0.1) is 12.8 Å². The van der Waals surface area contributed by atoms with Crippen molar-refractivity contribution in [3.05, 3.63) is 24.3 Å². The van der Waals surface area contributed by atoms with Crippen LogP contribution < -0.4 is 15.4 Å². The number of amides is 2. The molecule has 0 spiro atoms. The van der Waals surface area contributed by atoms with Crippen molar-refractivity contribution in [2.24, 2.45) is 5.73 Å². The summed E-state index contributed by atoms with van der Waals surface area (Å²) in [5, 5.41) is 0. The fourth-order valence-electron chi connectivity index (χ4n) is 1.53. The van der Waals surface area contributed by atoms with Gasteiger partial charge in [-0.15, -0.1) is 11.6 Å². The Kier molecular flexibility index (Phi) is 5.45. The van der Waals surface area contributed by atoms with E-state index < -0.39 is 5.91 Å². The van der Waals surface area contributed by atoms with Crippen LogP contribution in [0.3, 0.4) is 0 Å². The number of alkyl halides is 1. The maximum absolute atomic E-state index is 11.8. The standard InChI is InChI=1S/C12H15ClN2O3/c1-18-10-5-3-2-4-9(10)15(12(17)8-13)7-6-11(14)16/h2-5H,6-8H2,1H3,(H2,14,16). The molecule has 1 aromatic carbocycles. The molecule has 98 valence electrons. The topological polar surface area (TPSA) is 72.6 Å². The van der Waals surface area contributed by atoms with Gasteiger partial charge >= 0.3 is 0 Å². The number of anilines is 1. The van der Waals surface area contributed by atoms with Gasteiger partial charge in [0.1, 0.15) is 11.6 Å². The molecular formula is C12H15ClN2O3. The number of nitrogens with zero attached hydrogens (tertiary/aromatic N) is 1. The lowest BCUT2D eigenvalue weighted by molar-refractivity contribution is -0.118. The van der Waals surface area contributed by atoms with Gasteiger partial charge < -0.3 is 15.4 Å². The molecular weight excluding hydrogens is 256 g/mol. The highest BCUT2D eigenvalue weighted by Gasteiger charge is 2.18. The van der Waals surface area contributed by atoms with Gasteiger partial charge in [-0.25, -0.2) is 0 Å². The summed E-state index contributed by atoms with van der Waals surface area (Å²) in [6.07, 6.45) is 0.0701. The highest BCUT2D eigenvalue weighted by atomic mass is 35.5. The summed E-state index contributed by atoms with van der Waals surface area (Å²) < 4.78 is 5.17. The van der Waals surface area contributed by atoms with Gasteiger partial charge in [-0.1, -0.05) is 12.1 Å². The number of carbonyl (C=O) groups excluding carboxylic acids is 2. The van der Waals surface area contributed by atoms with Gasteiger partial charge in [-0.2, -0.15) is 0 Å². The fraction of sp³-hybridized carbons (Fsp3) is 0.333. The van der Waals surface area contributed by atoms with Gasteiger partial charge in [0.15, 0.2) is 0 Å². The number of nitrogens with two attached hydrogens (primary N) is 1. The molecule has 0 aromatic heterocycles. The van der Waals surface area contributed by atoms with Crippen molar-refractivity contribution < 1.29 is 14.3 Å². The van der Waals surface area contributed by atoms with Gasteiger partial charge in [0, 0.05) is 13.0 Å². The molecule has 0 saturated heterocycles. The maximum Gasteiger partial charge on any atom is 0.242 e. The molecule has 0 aliphatic heterocycles. The van der Waals surface area contributed by atoms with Crippen molar-refractivity contribution >= 4 is 29.1 Å². The average Bonchev–Trinajstić information content (AvgIpc) is 2.38. The van der Waals surface area contributed by atoms with Gasteiger partial charge in [0.25, 0.3) is 0 Å². The summed E-state index contributed by atoms with van der Waals surface area (Å²) in [5.41, 5.74) is 5.67. The number of ether oxygens (including phenoxy) is 1. The minimum Gasteiger partial charge on any atom is -0.495 e. The number of methoxy groups -OCH3 is 1. The highest BCUT2D eigenvalue weighted by molar-refractivity contribution is 6.29. The Bertz CT molecular complexity index is 437. The third kappa shape index (κ3) is 3.63. The molecule has 2 N–H and O–H groups in total. The lowest BCUT2D eigenvalue weighted by atomic mass is 10.2. The molecule has 0 aliphatic rings. The molecule has 18 heavy (non-hydrogen) atoms. The normalized spacial score (nSPS) is 9.89. The Labute approximate surface area is 110 Å². The Morgan fingerprint density at radius 2 is 2.06 bits per heavy atom. The molecule has 6 heteroatoms. The van der Waals surface area contributed by atoms with Crippen LogP contribution in [0.5, 0.6) is 5.75 Å². The van der Waals surface area contributed by atoms with E-state index in [9.17, 15) is 9.59 Å². The first-order chi connectivity index (χ1) is 8.60. The molecule has 5 nitrogen and oxygen atoms in total. The van der Waals surface area contributed by atoms with E-state index in [-0.39, 0.29) is 24.8 Å². The van der Waals surface area contributed by atoms with Crippen LogP contribution >= 0.6 is 11.6 Å². The number of hydrogen-bond acceptors (Lipinski definition) is 3. The number of rotatable bonds is 6. The van der Waals surface area contributed by atoms with Crippen molar-refractivity contribution in [3.63, 3.8) is 0 Å². The quantitative estimate of drug-likeness (QED) is 0.788. The first-order valence-corrected chi connectivity index (χ1v) is 5.91. The molecule has 1 rings (SSSR count). The second-order valence-corrected chi connectivity index (χ2v) is 3.83. The second kappa shape index (κ2) is 6.86. The lowest BCUT2D eigenvalue weighted by Crippen LogP contribution is -2.35. The number of para-hydroxylation sites is 2. The van der Waals surface area contributed by atoms with E-state index in [0.717, 1.165) is 0 Å². The van der Waals surface area contributed by atoms with Crippen LogP contribution in [0.4, 0.5) is 5.69 Å². The summed E-state index contributed by atoms with van der Waals surface area (Å²) in [6, 6.07) is 7.02. The first kappa shape index (κ1) is 14.3. The smallest absolute Gasteiger partial charge is 0.242 e. The van der Waals surface area contributed by atoms with Crippen LogP contribution in [-0.2, 0) is 9.59 Å².